The van der Waals surface area contributed by atoms with Crippen LogP contribution in [-0.4, -0.2) is 52.7 Å². The second-order valence-electron chi connectivity index (χ2n) is 6.83. The largest absolute Gasteiger partial charge is 0.444 e. The number of ether oxygens (including phenoxy) is 1. The number of nitrogens with zero attached hydrogens (tertiary/aromatic N) is 4. The Labute approximate surface area is 132 Å². The van der Waals surface area contributed by atoms with Gasteiger partial charge in [0, 0.05) is 32.0 Å². The lowest BCUT2D eigenvalue weighted by atomic mass is 10.1. The van der Waals surface area contributed by atoms with Crippen molar-refractivity contribution in [3.63, 3.8) is 0 Å². The zero-order valence-electron chi connectivity index (χ0n) is 14.2. The van der Waals surface area contributed by atoms with E-state index >= 15 is 0 Å². The van der Waals surface area contributed by atoms with Crippen molar-refractivity contribution in [2.45, 2.75) is 52.2 Å². The van der Waals surface area contributed by atoms with Crippen LogP contribution in [0.15, 0.2) is 12.3 Å². The maximum Gasteiger partial charge on any atom is 0.410 e. The van der Waals surface area contributed by atoms with Gasteiger partial charge in [0.15, 0.2) is 0 Å². The molecule has 0 aliphatic carbocycles. The van der Waals surface area contributed by atoms with Gasteiger partial charge in [-0.05, 0) is 46.6 Å². The summed E-state index contributed by atoms with van der Waals surface area (Å²) in [6, 6.07) is 2.00. The first-order chi connectivity index (χ1) is 10.3. The number of piperidine rings is 1. The Morgan fingerprint density at radius 3 is 2.82 bits per heavy atom. The normalized spacial score (nSPS) is 19.0. The van der Waals surface area contributed by atoms with Gasteiger partial charge in [0.2, 0.25) is 5.95 Å². The molecule has 122 valence electrons. The van der Waals surface area contributed by atoms with Gasteiger partial charge in [0.05, 0.1) is 6.04 Å². The van der Waals surface area contributed by atoms with Gasteiger partial charge in [0.25, 0.3) is 0 Å². The number of rotatable bonds is 2. The molecule has 2 heterocycles. The minimum Gasteiger partial charge on any atom is -0.444 e. The average molecular weight is 306 g/mol. The fraction of sp³-hybridized carbons (Fsp3) is 0.688. The lowest BCUT2D eigenvalue weighted by Crippen LogP contribution is -2.50. The Morgan fingerprint density at radius 1 is 1.45 bits per heavy atom. The van der Waals surface area contributed by atoms with E-state index in [1.165, 1.54) is 0 Å². The third-order valence-electron chi connectivity index (χ3n) is 3.69. The van der Waals surface area contributed by atoms with E-state index in [0.29, 0.717) is 0 Å². The first-order valence-electron chi connectivity index (χ1n) is 7.76. The summed E-state index contributed by atoms with van der Waals surface area (Å²) in [7, 11) is 1.80. The summed E-state index contributed by atoms with van der Waals surface area (Å²) in [5.41, 5.74) is 0.479. The predicted molar refractivity (Wildman–Crippen MR) is 86.0 cm³/mol. The molecule has 0 bridgehead atoms. The molecule has 6 heteroatoms. The number of hydrogen-bond acceptors (Lipinski definition) is 5. The number of aromatic nitrogens is 2. The second kappa shape index (κ2) is 6.50. The molecule has 1 atom stereocenters. The van der Waals surface area contributed by atoms with Crippen molar-refractivity contribution in [1.82, 2.24) is 14.9 Å². The minimum absolute atomic E-state index is 0.118. The standard InChI is InChI=1S/C16H26N4O2/c1-12-8-9-17-14(18-12)20-10-6-7-13(11-20)19(5)15(21)22-16(2,3)4/h8-9,13H,6-7,10-11H2,1-5H3. The number of likely N-dealkylation sites (N-methyl/N-ethyl adjacent to an activating group) is 1. The van der Waals surface area contributed by atoms with Crippen LogP contribution in [0, 0.1) is 6.92 Å². The van der Waals surface area contributed by atoms with E-state index in [-0.39, 0.29) is 12.1 Å². The van der Waals surface area contributed by atoms with Crippen molar-refractivity contribution < 1.29 is 9.53 Å². The van der Waals surface area contributed by atoms with Crippen LogP contribution in [0.5, 0.6) is 0 Å². The number of amides is 1. The lowest BCUT2D eigenvalue weighted by molar-refractivity contribution is 0.0209. The lowest BCUT2D eigenvalue weighted by Gasteiger charge is -2.38. The second-order valence-corrected chi connectivity index (χ2v) is 6.83. The molecule has 0 spiro atoms. The third kappa shape index (κ3) is 4.32. The van der Waals surface area contributed by atoms with Crippen molar-refractivity contribution in [2.24, 2.45) is 0 Å². The molecule has 0 radical (unpaired) electrons. The van der Waals surface area contributed by atoms with E-state index in [1.807, 2.05) is 33.8 Å². The van der Waals surface area contributed by atoms with Crippen LogP contribution in [0.4, 0.5) is 10.7 Å². The van der Waals surface area contributed by atoms with Gasteiger partial charge in [-0.25, -0.2) is 14.8 Å². The number of anilines is 1. The summed E-state index contributed by atoms with van der Waals surface area (Å²) in [5.74, 6) is 0.738. The maximum absolute atomic E-state index is 12.2. The van der Waals surface area contributed by atoms with Crippen molar-refractivity contribution in [1.29, 1.82) is 0 Å². The molecular formula is C16H26N4O2. The molecule has 1 amide bonds. The van der Waals surface area contributed by atoms with Crippen LogP contribution in [-0.2, 0) is 4.74 Å². The summed E-state index contributed by atoms with van der Waals surface area (Å²) < 4.78 is 5.45. The van der Waals surface area contributed by atoms with Gasteiger partial charge < -0.3 is 14.5 Å². The number of aryl methyl sites for hydroxylation is 1. The van der Waals surface area contributed by atoms with E-state index in [0.717, 1.165) is 37.6 Å². The third-order valence-corrected chi connectivity index (χ3v) is 3.69. The van der Waals surface area contributed by atoms with Gasteiger partial charge in [-0.1, -0.05) is 0 Å². The molecule has 1 aromatic rings. The summed E-state index contributed by atoms with van der Waals surface area (Å²) in [6.07, 6.45) is 3.48. The molecule has 1 unspecified atom stereocenters. The summed E-state index contributed by atoms with van der Waals surface area (Å²) >= 11 is 0. The predicted octanol–water partition coefficient (Wildman–Crippen LogP) is 2.62. The fourth-order valence-corrected chi connectivity index (χ4v) is 2.52. The highest BCUT2D eigenvalue weighted by Crippen LogP contribution is 2.20. The molecular weight excluding hydrogens is 280 g/mol. The minimum atomic E-state index is -0.473. The zero-order chi connectivity index (χ0) is 16.3. The molecule has 0 aromatic carbocycles. The Hall–Kier alpha value is -1.85. The topological polar surface area (TPSA) is 58.6 Å². The van der Waals surface area contributed by atoms with Gasteiger partial charge in [-0.15, -0.1) is 0 Å². The monoisotopic (exact) mass is 306 g/mol. The summed E-state index contributed by atoms with van der Waals surface area (Å²) in [4.78, 5) is 24.9. The highest BCUT2D eigenvalue weighted by Gasteiger charge is 2.29. The Kier molecular flexibility index (Phi) is 4.88. The van der Waals surface area contributed by atoms with Crippen molar-refractivity contribution in [3.8, 4) is 0 Å². The van der Waals surface area contributed by atoms with Crippen LogP contribution in [0.25, 0.3) is 0 Å². The first kappa shape index (κ1) is 16.5. The van der Waals surface area contributed by atoms with Crippen LogP contribution >= 0.6 is 0 Å². The Balaban J connectivity index is 2.02. The summed E-state index contributed by atoms with van der Waals surface area (Å²) in [5, 5.41) is 0. The quantitative estimate of drug-likeness (QED) is 0.840. The maximum atomic E-state index is 12.2. The fourth-order valence-electron chi connectivity index (χ4n) is 2.52. The molecule has 1 aliphatic rings. The van der Waals surface area contributed by atoms with E-state index in [2.05, 4.69) is 14.9 Å². The van der Waals surface area contributed by atoms with E-state index in [1.54, 1.807) is 18.1 Å². The van der Waals surface area contributed by atoms with Crippen molar-refractivity contribution >= 4 is 12.0 Å². The van der Waals surface area contributed by atoms with Crippen LogP contribution in [0.1, 0.15) is 39.3 Å². The molecule has 1 saturated heterocycles. The summed E-state index contributed by atoms with van der Waals surface area (Å²) in [6.45, 7) is 9.26. The van der Waals surface area contributed by atoms with Gasteiger partial charge in [-0.2, -0.15) is 0 Å². The number of carbonyl (C=O) groups excluding carboxylic acids is 1. The molecule has 2 rings (SSSR count). The number of carbonyl (C=O) groups is 1. The Morgan fingerprint density at radius 2 is 2.18 bits per heavy atom. The molecule has 0 saturated carbocycles. The van der Waals surface area contributed by atoms with E-state index < -0.39 is 5.60 Å². The molecule has 6 nitrogen and oxygen atoms in total. The van der Waals surface area contributed by atoms with Gasteiger partial charge in [0.1, 0.15) is 5.60 Å². The Bertz CT molecular complexity index is 527. The van der Waals surface area contributed by atoms with Crippen molar-refractivity contribution in [2.75, 3.05) is 25.0 Å². The first-order valence-corrected chi connectivity index (χ1v) is 7.76. The van der Waals surface area contributed by atoms with Crippen LogP contribution in [0.2, 0.25) is 0 Å². The number of hydrogen-bond donors (Lipinski definition) is 0. The average Bonchev–Trinajstić information content (AvgIpc) is 2.45. The smallest absolute Gasteiger partial charge is 0.410 e. The van der Waals surface area contributed by atoms with Gasteiger partial charge >= 0.3 is 6.09 Å². The highest BCUT2D eigenvalue weighted by molar-refractivity contribution is 5.68. The SMILES string of the molecule is Cc1ccnc(N2CCCC(N(C)C(=O)OC(C)(C)C)C2)n1. The molecule has 1 aromatic heterocycles. The zero-order valence-corrected chi connectivity index (χ0v) is 14.2. The van der Waals surface area contributed by atoms with Crippen molar-refractivity contribution in [3.05, 3.63) is 18.0 Å². The molecule has 0 N–H and O–H groups in total. The van der Waals surface area contributed by atoms with Crippen LogP contribution in [0.3, 0.4) is 0 Å². The highest BCUT2D eigenvalue weighted by atomic mass is 16.6. The van der Waals surface area contributed by atoms with E-state index in [9.17, 15) is 4.79 Å². The molecule has 22 heavy (non-hydrogen) atoms. The van der Waals surface area contributed by atoms with E-state index in [4.69, 9.17) is 4.74 Å². The molecule has 1 aliphatic heterocycles. The van der Waals surface area contributed by atoms with Gasteiger partial charge in [-0.3, -0.25) is 0 Å². The molecule has 1 fully saturated rings. The van der Waals surface area contributed by atoms with Crippen LogP contribution < -0.4 is 4.90 Å².